The van der Waals surface area contributed by atoms with Crippen molar-refractivity contribution < 1.29 is 9.72 Å². The molecule has 1 aromatic carbocycles. The molecule has 0 aliphatic rings. The van der Waals surface area contributed by atoms with Crippen molar-refractivity contribution in [3.05, 3.63) is 51.0 Å². The van der Waals surface area contributed by atoms with Gasteiger partial charge in [0, 0.05) is 36.6 Å². The highest BCUT2D eigenvalue weighted by Crippen LogP contribution is 2.22. The van der Waals surface area contributed by atoms with Crippen LogP contribution >= 0.6 is 11.3 Å². The van der Waals surface area contributed by atoms with E-state index < -0.39 is 4.92 Å². The van der Waals surface area contributed by atoms with Crippen LogP contribution in [0, 0.1) is 10.1 Å². The lowest BCUT2D eigenvalue weighted by molar-refractivity contribution is -0.384. The minimum absolute atomic E-state index is 0.0732. The lowest BCUT2D eigenvalue weighted by Gasteiger charge is -1.98. The lowest BCUT2D eigenvalue weighted by Crippen LogP contribution is -2.04. The Morgan fingerprint density at radius 1 is 1.53 bits per heavy atom. The van der Waals surface area contributed by atoms with E-state index >= 15 is 0 Å². The van der Waals surface area contributed by atoms with Gasteiger partial charge in [-0.05, 0) is 5.56 Å². The number of rotatable bonds is 4. The zero-order valence-electron chi connectivity index (χ0n) is 10.1. The summed E-state index contributed by atoms with van der Waals surface area (Å²) in [7, 11) is 0. The molecule has 1 aromatic heterocycles. The molecule has 2 rings (SSSR count). The zero-order valence-corrected chi connectivity index (χ0v) is 10.9. The number of anilines is 1. The average Bonchev–Trinajstić information content (AvgIpc) is 2.76. The molecule has 7 heteroatoms. The second-order valence-electron chi connectivity index (χ2n) is 3.92. The number of benzene rings is 1. The van der Waals surface area contributed by atoms with Gasteiger partial charge in [0.05, 0.1) is 4.92 Å². The Morgan fingerprint density at radius 3 is 3.00 bits per heavy atom. The van der Waals surface area contributed by atoms with Gasteiger partial charge in [-0.25, -0.2) is 4.98 Å². The van der Waals surface area contributed by atoms with E-state index in [1.54, 1.807) is 12.3 Å². The molecule has 6 nitrogen and oxygen atoms in total. The Morgan fingerprint density at radius 2 is 2.32 bits per heavy atom. The Kier molecular flexibility index (Phi) is 3.86. The zero-order chi connectivity index (χ0) is 13.8. The first-order valence-corrected chi connectivity index (χ1v) is 6.32. The summed E-state index contributed by atoms with van der Waals surface area (Å²) in [5.74, 6) is -0.170. The van der Waals surface area contributed by atoms with Crippen LogP contribution in [0.3, 0.4) is 0 Å². The van der Waals surface area contributed by atoms with Gasteiger partial charge in [0.2, 0.25) is 5.91 Å². The summed E-state index contributed by atoms with van der Waals surface area (Å²) in [6.45, 7) is 1.42. The largest absolute Gasteiger partial charge is 0.302 e. The number of aromatic nitrogens is 1. The van der Waals surface area contributed by atoms with Crippen LogP contribution in [-0.4, -0.2) is 15.8 Å². The number of nitro groups is 1. The van der Waals surface area contributed by atoms with Gasteiger partial charge >= 0.3 is 0 Å². The van der Waals surface area contributed by atoms with Crippen molar-refractivity contribution in [2.45, 2.75) is 13.3 Å². The van der Waals surface area contributed by atoms with Crippen molar-refractivity contribution in [3.8, 4) is 0 Å². The second kappa shape index (κ2) is 5.57. The van der Waals surface area contributed by atoms with Crippen molar-refractivity contribution in [1.29, 1.82) is 0 Å². The van der Waals surface area contributed by atoms with Crippen molar-refractivity contribution in [2.75, 3.05) is 5.32 Å². The molecule has 1 heterocycles. The van der Waals surface area contributed by atoms with Crippen LogP contribution in [0.25, 0.3) is 0 Å². The summed E-state index contributed by atoms with van der Waals surface area (Å²) in [6.07, 6.45) is 2.22. The van der Waals surface area contributed by atoms with E-state index in [1.807, 2.05) is 6.07 Å². The first-order valence-electron chi connectivity index (χ1n) is 5.50. The summed E-state index contributed by atoms with van der Waals surface area (Å²) < 4.78 is 0. The summed E-state index contributed by atoms with van der Waals surface area (Å²) in [6, 6.07) is 6.48. The summed E-state index contributed by atoms with van der Waals surface area (Å²) in [5, 5.41) is 13.8. The molecule has 0 saturated heterocycles. The third-order valence-corrected chi connectivity index (χ3v) is 3.25. The van der Waals surface area contributed by atoms with Crippen molar-refractivity contribution in [2.24, 2.45) is 0 Å². The Balaban J connectivity index is 2.12. The Labute approximate surface area is 113 Å². The number of thiazole rings is 1. The molecular formula is C12H11N3O3S. The maximum Gasteiger partial charge on any atom is 0.269 e. The fourth-order valence-electron chi connectivity index (χ4n) is 1.58. The number of hydrogen-bond donors (Lipinski definition) is 1. The molecule has 0 aliphatic carbocycles. The number of amides is 1. The van der Waals surface area contributed by atoms with E-state index in [4.69, 9.17) is 0 Å². The van der Waals surface area contributed by atoms with E-state index in [0.29, 0.717) is 11.6 Å². The van der Waals surface area contributed by atoms with Crippen LogP contribution in [-0.2, 0) is 11.2 Å². The minimum atomic E-state index is -0.418. The highest BCUT2D eigenvalue weighted by atomic mass is 32.1. The lowest BCUT2D eigenvalue weighted by atomic mass is 10.1. The topological polar surface area (TPSA) is 85.1 Å². The normalized spacial score (nSPS) is 10.2. The van der Waals surface area contributed by atoms with Crippen molar-refractivity contribution in [1.82, 2.24) is 4.98 Å². The number of nitrogens with zero attached hydrogens (tertiary/aromatic N) is 2. The molecule has 0 spiro atoms. The summed E-state index contributed by atoms with van der Waals surface area (Å²) >= 11 is 1.36. The molecule has 1 amide bonds. The fourth-order valence-corrected chi connectivity index (χ4v) is 2.47. The molecule has 98 valence electrons. The van der Waals surface area contributed by atoms with Crippen LogP contribution in [0.15, 0.2) is 30.5 Å². The first-order chi connectivity index (χ1) is 9.04. The molecule has 2 aromatic rings. The predicted octanol–water partition coefficient (Wildman–Crippen LogP) is 2.60. The van der Waals surface area contributed by atoms with Crippen LogP contribution in [0.4, 0.5) is 10.8 Å². The summed E-state index contributed by atoms with van der Waals surface area (Å²) in [5.41, 5.74) is 0.913. The third kappa shape index (κ3) is 3.59. The fraction of sp³-hybridized carbons (Fsp3) is 0.167. The maximum atomic E-state index is 10.9. The second-order valence-corrected chi connectivity index (χ2v) is 5.03. The van der Waals surface area contributed by atoms with Crippen LogP contribution in [0.1, 0.15) is 17.4 Å². The van der Waals surface area contributed by atoms with Gasteiger partial charge in [-0.2, -0.15) is 0 Å². The van der Waals surface area contributed by atoms with Gasteiger partial charge < -0.3 is 5.32 Å². The Bertz CT molecular complexity index is 624. The van der Waals surface area contributed by atoms with Crippen molar-refractivity contribution in [3.63, 3.8) is 0 Å². The van der Waals surface area contributed by atoms with E-state index in [2.05, 4.69) is 10.3 Å². The maximum absolute atomic E-state index is 10.9. The third-order valence-electron chi connectivity index (χ3n) is 2.34. The highest BCUT2D eigenvalue weighted by molar-refractivity contribution is 7.15. The van der Waals surface area contributed by atoms with Crippen LogP contribution < -0.4 is 5.32 Å². The van der Waals surface area contributed by atoms with Gasteiger partial charge in [-0.3, -0.25) is 14.9 Å². The number of carbonyl (C=O) groups is 1. The molecule has 0 bridgehead atoms. The van der Waals surface area contributed by atoms with E-state index in [9.17, 15) is 14.9 Å². The van der Waals surface area contributed by atoms with Crippen LogP contribution in [0.5, 0.6) is 0 Å². The first kappa shape index (κ1) is 13.2. The Hall–Kier alpha value is -2.28. The van der Waals surface area contributed by atoms with Crippen molar-refractivity contribution >= 4 is 28.1 Å². The van der Waals surface area contributed by atoms with Gasteiger partial charge in [-0.15, -0.1) is 11.3 Å². The van der Waals surface area contributed by atoms with Gasteiger partial charge in [0.25, 0.3) is 5.69 Å². The molecule has 19 heavy (non-hydrogen) atoms. The minimum Gasteiger partial charge on any atom is -0.302 e. The van der Waals surface area contributed by atoms with Gasteiger partial charge in [-0.1, -0.05) is 12.1 Å². The number of hydrogen-bond acceptors (Lipinski definition) is 5. The smallest absolute Gasteiger partial charge is 0.269 e. The molecule has 0 unspecified atom stereocenters. The predicted molar refractivity (Wildman–Crippen MR) is 72.3 cm³/mol. The molecule has 0 fully saturated rings. The number of nitrogens with one attached hydrogen (secondary N) is 1. The van der Waals surface area contributed by atoms with E-state index in [1.165, 1.54) is 30.4 Å². The molecule has 0 radical (unpaired) electrons. The SMILES string of the molecule is CC(=O)Nc1ncc(Cc2cccc([N+](=O)[O-])c2)s1. The number of nitro benzene ring substituents is 1. The highest BCUT2D eigenvalue weighted by Gasteiger charge is 2.08. The van der Waals surface area contributed by atoms with E-state index in [0.717, 1.165) is 10.4 Å². The van der Waals surface area contributed by atoms with Gasteiger partial charge in [0.1, 0.15) is 0 Å². The number of carbonyl (C=O) groups excluding carboxylic acids is 1. The van der Waals surface area contributed by atoms with Crippen LogP contribution in [0.2, 0.25) is 0 Å². The summed E-state index contributed by atoms with van der Waals surface area (Å²) in [4.78, 5) is 26.1. The van der Waals surface area contributed by atoms with E-state index in [-0.39, 0.29) is 11.6 Å². The number of non-ortho nitro benzene ring substituents is 1. The molecular weight excluding hydrogens is 266 g/mol. The molecule has 1 N–H and O–H groups in total. The standard InChI is InChI=1S/C12H11N3O3S/c1-8(16)14-12-13-7-11(19-12)6-9-3-2-4-10(5-9)15(17)18/h2-5,7H,6H2,1H3,(H,13,14,16). The van der Waals surface area contributed by atoms with Gasteiger partial charge in [0.15, 0.2) is 5.13 Å². The molecule has 0 saturated carbocycles. The average molecular weight is 277 g/mol. The monoisotopic (exact) mass is 277 g/mol. The molecule has 0 atom stereocenters. The molecule has 0 aliphatic heterocycles. The quantitative estimate of drug-likeness (QED) is 0.687.